The van der Waals surface area contributed by atoms with Gasteiger partial charge in [-0.05, 0) is 13.3 Å². The molecule has 0 spiro atoms. The van der Waals surface area contributed by atoms with Crippen LogP contribution in [-0.2, 0) is 0 Å². The molecule has 0 aliphatic heterocycles. The Balaban J connectivity index is 2.65. The van der Waals surface area contributed by atoms with Crippen LogP contribution in [0.15, 0.2) is 35.7 Å². The standard InChI is InChI=1S/C11H13P/c1-3-4-10-5-7-11(8-6-10)9(2)12/h5-7,11H,2,8,12H2,1H3. The van der Waals surface area contributed by atoms with E-state index >= 15 is 0 Å². The van der Waals surface area contributed by atoms with Gasteiger partial charge in [-0.3, -0.25) is 0 Å². The first-order valence-corrected chi connectivity index (χ1v) is 4.57. The highest BCUT2D eigenvalue weighted by molar-refractivity contribution is 7.22. The van der Waals surface area contributed by atoms with E-state index in [1.807, 2.05) is 6.92 Å². The summed E-state index contributed by atoms with van der Waals surface area (Å²) >= 11 is 0. The van der Waals surface area contributed by atoms with Crippen molar-refractivity contribution in [3.05, 3.63) is 35.7 Å². The van der Waals surface area contributed by atoms with Gasteiger partial charge in [-0.1, -0.05) is 36.0 Å². The molecule has 1 heteroatoms. The fraction of sp³-hybridized carbons (Fsp3) is 0.273. The summed E-state index contributed by atoms with van der Waals surface area (Å²) in [5, 5.41) is 1.14. The van der Waals surface area contributed by atoms with E-state index in [0.717, 1.165) is 17.3 Å². The predicted octanol–water partition coefficient (Wildman–Crippen LogP) is 2.90. The number of rotatable bonds is 1. The van der Waals surface area contributed by atoms with E-state index in [9.17, 15) is 0 Å². The molecule has 0 fully saturated rings. The van der Waals surface area contributed by atoms with Crippen molar-refractivity contribution in [2.75, 3.05) is 0 Å². The SMILES string of the molecule is C=C(P)C1C=CC(C#CC)=CC1. The minimum atomic E-state index is 0.484. The first-order valence-electron chi connectivity index (χ1n) is 3.99. The van der Waals surface area contributed by atoms with E-state index in [1.54, 1.807) is 0 Å². The maximum absolute atomic E-state index is 3.90. The lowest BCUT2D eigenvalue weighted by atomic mass is 9.97. The van der Waals surface area contributed by atoms with Crippen LogP contribution >= 0.6 is 9.24 Å². The fourth-order valence-electron chi connectivity index (χ4n) is 1.13. The van der Waals surface area contributed by atoms with Crippen molar-refractivity contribution in [2.24, 2.45) is 5.92 Å². The molecule has 62 valence electrons. The molecule has 0 saturated heterocycles. The highest BCUT2D eigenvalue weighted by Gasteiger charge is 2.07. The van der Waals surface area contributed by atoms with Crippen molar-refractivity contribution in [3.8, 4) is 11.8 Å². The molecular weight excluding hydrogens is 163 g/mol. The van der Waals surface area contributed by atoms with Crippen LogP contribution < -0.4 is 0 Å². The zero-order chi connectivity index (χ0) is 8.97. The third kappa shape index (κ3) is 2.36. The first kappa shape index (κ1) is 9.30. The topological polar surface area (TPSA) is 0 Å². The Morgan fingerprint density at radius 2 is 2.50 bits per heavy atom. The van der Waals surface area contributed by atoms with Crippen LogP contribution in [0.25, 0.3) is 0 Å². The summed E-state index contributed by atoms with van der Waals surface area (Å²) in [7, 11) is 2.65. The molecule has 0 heterocycles. The maximum atomic E-state index is 3.90. The monoisotopic (exact) mass is 176 g/mol. The Hall–Kier alpha value is -0.790. The lowest BCUT2D eigenvalue weighted by Crippen LogP contribution is -1.97. The van der Waals surface area contributed by atoms with Crippen LogP contribution in [0.2, 0.25) is 0 Å². The van der Waals surface area contributed by atoms with Gasteiger partial charge in [0.25, 0.3) is 0 Å². The van der Waals surface area contributed by atoms with Gasteiger partial charge in [0.05, 0.1) is 0 Å². The molecular formula is C11H13P. The molecule has 0 amide bonds. The van der Waals surface area contributed by atoms with Crippen LogP contribution in [0.1, 0.15) is 13.3 Å². The quantitative estimate of drug-likeness (QED) is 0.425. The maximum Gasteiger partial charge on any atom is 0.0202 e. The van der Waals surface area contributed by atoms with E-state index in [-0.39, 0.29) is 0 Å². The molecule has 1 aliphatic carbocycles. The predicted molar refractivity (Wildman–Crippen MR) is 57.6 cm³/mol. The summed E-state index contributed by atoms with van der Waals surface area (Å²) in [6.45, 7) is 5.75. The third-order valence-electron chi connectivity index (χ3n) is 1.85. The average molecular weight is 176 g/mol. The first-order chi connectivity index (χ1) is 5.74. The summed E-state index contributed by atoms with van der Waals surface area (Å²) in [6, 6.07) is 0. The molecule has 1 rings (SSSR count). The van der Waals surface area contributed by atoms with Crippen molar-refractivity contribution in [2.45, 2.75) is 13.3 Å². The van der Waals surface area contributed by atoms with Gasteiger partial charge in [-0.2, -0.15) is 0 Å². The molecule has 0 radical (unpaired) electrons. The Morgan fingerprint density at radius 1 is 1.75 bits per heavy atom. The molecule has 0 aromatic carbocycles. The van der Waals surface area contributed by atoms with Gasteiger partial charge in [-0.25, -0.2) is 0 Å². The minimum Gasteiger partial charge on any atom is -0.110 e. The Kier molecular flexibility index (Phi) is 3.32. The summed E-state index contributed by atoms with van der Waals surface area (Å²) < 4.78 is 0. The van der Waals surface area contributed by atoms with Gasteiger partial charge in [0.2, 0.25) is 0 Å². The van der Waals surface area contributed by atoms with Crippen LogP contribution in [0.3, 0.4) is 0 Å². The molecule has 12 heavy (non-hydrogen) atoms. The molecule has 1 aliphatic rings. The average Bonchev–Trinajstić information content (AvgIpc) is 2.06. The fourth-order valence-corrected chi connectivity index (χ4v) is 1.38. The Morgan fingerprint density at radius 3 is 2.92 bits per heavy atom. The highest BCUT2D eigenvalue weighted by Crippen LogP contribution is 2.25. The van der Waals surface area contributed by atoms with E-state index in [1.165, 1.54) is 0 Å². The highest BCUT2D eigenvalue weighted by atomic mass is 31.0. The number of allylic oxidation sites excluding steroid dienone is 5. The molecule has 0 aromatic heterocycles. The van der Waals surface area contributed by atoms with E-state index in [4.69, 9.17) is 0 Å². The van der Waals surface area contributed by atoms with Gasteiger partial charge in [0.1, 0.15) is 0 Å². The van der Waals surface area contributed by atoms with Gasteiger partial charge in [-0.15, -0.1) is 15.2 Å². The second kappa shape index (κ2) is 4.29. The van der Waals surface area contributed by atoms with Crippen molar-refractivity contribution >= 4 is 9.24 Å². The lowest BCUT2D eigenvalue weighted by Gasteiger charge is -2.13. The van der Waals surface area contributed by atoms with Gasteiger partial charge in [0, 0.05) is 11.5 Å². The molecule has 0 nitrogen and oxygen atoms in total. The zero-order valence-electron chi connectivity index (χ0n) is 7.30. The van der Waals surface area contributed by atoms with Crippen LogP contribution in [-0.4, -0.2) is 0 Å². The molecule has 0 bridgehead atoms. The summed E-state index contributed by atoms with van der Waals surface area (Å²) in [4.78, 5) is 0. The number of hydrogen-bond acceptors (Lipinski definition) is 0. The Bertz CT molecular complexity index is 297. The molecule has 0 aromatic rings. The smallest absolute Gasteiger partial charge is 0.0202 e. The van der Waals surface area contributed by atoms with Crippen molar-refractivity contribution in [3.63, 3.8) is 0 Å². The van der Waals surface area contributed by atoms with Crippen molar-refractivity contribution in [1.29, 1.82) is 0 Å². The van der Waals surface area contributed by atoms with Crippen LogP contribution in [0, 0.1) is 17.8 Å². The van der Waals surface area contributed by atoms with E-state index in [0.29, 0.717) is 5.92 Å². The zero-order valence-corrected chi connectivity index (χ0v) is 8.46. The number of hydrogen-bond donors (Lipinski definition) is 0. The summed E-state index contributed by atoms with van der Waals surface area (Å²) in [5.74, 6) is 6.40. The largest absolute Gasteiger partial charge is 0.110 e. The Labute approximate surface area is 76.6 Å². The van der Waals surface area contributed by atoms with E-state index < -0.39 is 0 Å². The normalized spacial score (nSPS) is 20.8. The molecule has 2 atom stereocenters. The van der Waals surface area contributed by atoms with Crippen LogP contribution in [0.5, 0.6) is 0 Å². The third-order valence-corrected chi connectivity index (χ3v) is 2.27. The summed E-state index contributed by atoms with van der Waals surface area (Å²) in [6.07, 6.45) is 7.42. The minimum absolute atomic E-state index is 0.484. The molecule has 0 N–H and O–H groups in total. The lowest BCUT2D eigenvalue weighted by molar-refractivity contribution is 0.808. The molecule has 2 unspecified atom stereocenters. The van der Waals surface area contributed by atoms with Gasteiger partial charge in [0.15, 0.2) is 0 Å². The van der Waals surface area contributed by atoms with Crippen molar-refractivity contribution < 1.29 is 0 Å². The van der Waals surface area contributed by atoms with Crippen molar-refractivity contribution in [1.82, 2.24) is 0 Å². The second-order valence-corrected chi connectivity index (χ2v) is 3.55. The summed E-state index contributed by atoms with van der Waals surface area (Å²) in [5.41, 5.74) is 1.13. The van der Waals surface area contributed by atoms with Gasteiger partial charge >= 0.3 is 0 Å². The van der Waals surface area contributed by atoms with Crippen LogP contribution in [0.4, 0.5) is 0 Å². The van der Waals surface area contributed by atoms with Gasteiger partial charge < -0.3 is 0 Å². The molecule has 0 saturated carbocycles. The second-order valence-electron chi connectivity index (χ2n) is 2.81. The van der Waals surface area contributed by atoms with E-state index in [2.05, 4.69) is 45.9 Å².